The lowest BCUT2D eigenvalue weighted by molar-refractivity contribution is -0.122. The average molecular weight is 390 g/mol. The number of nitrogens with one attached hydrogen (secondary N) is 3. The average Bonchev–Trinajstić information content (AvgIpc) is 2.71. The molecule has 0 radical (unpaired) electrons. The highest BCUT2D eigenvalue weighted by Gasteiger charge is 2.28. The molecule has 0 aliphatic carbocycles. The lowest BCUT2D eigenvalue weighted by Crippen LogP contribution is -2.47. The zero-order valence-electron chi connectivity index (χ0n) is 16.6. The number of benzene rings is 1. The number of amides is 2. The van der Waals surface area contributed by atoms with Gasteiger partial charge in [0.25, 0.3) is 5.91 Å². The van der Waals surface area contributed by atoms with Crippen LogP contribution in [-0.2, 0) is 9.53 Å². The molecule has 0 spiro atoms. The maximum atomic E-state index is 12.5. The van der Waals surface area contributed by atoms with Crippen LogP contribution in [0, 0.1) is 0 Å². The Bertz CT molecular complexity index is 691. The Morgan fingerprint density at radius 3 is 2.86 bits per heavy atom. The van der Waals surface area contributed by atoms with E-state index in [0.717, 1.165) is 37.4 Å². The first-order chi connectivity index (χ1) is 13.6. The highest BCUT2D eigenvalue weighted by atomic mass is 16.5. The van der Waals surface area contributed by atoms with Gasteiger partial charge < -0.3 is 30.3 Å². The van der Waals surface area contributed by atoms with E-state index in [1.165, 1.54) is 0 Å². The molecule has 0 bridgehead atoms. The lowest BCUT2D eigenvalue weighted by atomic mass is 10.0. The molecule has 8 nitrogen and oxygen atoms in total. The van der Waals surface area contributed by atoms with Crippen molar-refractivity contribution in [2.75, 3.05) is 51.9 Å². The van der Waals surface area contributed by atoms with E-state index in [0.29, 0.717) is 31.7 Å². The molecular formula is C20H30N4O4. The summed E-state index contributed by atoms with van der Waals surface area (Å²) in [6.45, 7) is 3.26. The summed E-state index contributed by atoms with van der Waals surface area (Å²) in [6.07, 6.45) is 2.30. The highest BCUT2D eigenvalue weighted by molar-refractivity contribution is 5.95. The highest BCUT2D eigenvalue weighted by Crippen LogP contribution is 2.34. The molecule has 154 valence electrons. The third kappa shape index (κ3) is 5.14. The molecule has 0 saturated carbocycles. The summed E-state index contributed by atoms with van der Waals surface area (Å²) in [7, 11) is 3.54. The van der Waals surface area contributed by atoms with Gasteiger partial charge in [-0.3, -0.25) is 9.59 Å². The van der Waals surface area contributed by atoms with Gasteiger partial charge >= 0.3 is 0 Å². The number of likely N-dealkylation sites (N-methyl/N-ethyl adjacent to an activating group) is 1. The number of anilines is 1. The van der Waals surface area contributed by atoms with Gasteiger partial charge in [-0.25, -0.2) is 0 Å². The van der Waals surface area contributed by atoms with Crippen molar-refractivity contribution in [2.45, 2.75) is 31.3 Å². The van der Waals surface area contributed by atoms with E-state index in [9.17, 15) is 9.59 Å². The van der Waals surface area contributed by atoms with Gasteiger partial charge in [-0.05, 0) is 44.1 Å². The normalized spacial score (nSPS) is 19.5. The Morgan fingerprint density at radius 1 is 1.32 bits per heavy atom. The van der Waals surface area contributed by atoms with Crippen LogP contribution in [0.15, 0.2) is 18.2 Å². The van der Waals surface area contributed by atoms with Crippen molar-refractivity contribution in [1.29, 1.82) is 0 Å². The van der Waals surface area contributed by atoms with E-state index in [1.807, 2.05) is 24.1 Å². The van der Waals surface area contributed by atoms with Gasteiger partial charge in [0.1, 0.15) is 12.4 Å². The number of rotatable bonds is 7. The molecule has 3 N–H and O–H groups in total. The second kappa shape index (κ2) is 9.75. The van der Waals surface area contributed by atoms with E-state index in [-0.39, 0.29) is 23.9 Å². The standard InChI is InChI=1S/C20H30N4O4/c1-24-16(12-19(25)23-15-5-7-21-8-6-15)13-28-18-4-3-14(11-17(18)24)20(26)22-9-10-27-2/h3-4,11,15-16,21H,5-10,12-13H2,1-2H3,(H,22,26)(H,23,25)/t16-/m0/s1. The summed E-state index contributed by atoms with van der Waals surface area (Å²) in [5.74, 6) is 0.620. The first-order valence-corrected chi connectivity index (χ1v) is 9.85. The van der Waals surface area contributed by atoms with E-state index in [2.05, 4.69) is 16.0 Å². The van der Waals surface area contributed by atoms with Crippen molar-refractivity contribution in [3.63, 3.8) is 0 Å². The van der Waals surface area contributed by atoms with Gasteiger partial charge in [0.15, 0.2) is 0 Å². The van der Waals surface area contributed by atoms with Gasteiger partial charge in [-0.2, -0.15) is 0 Å². The molecule has 28 heavy (non-hydrogen) atoms. The van der Waals surface area contributed by atoms with Crippen LogP contribution in [0.1, 0.15) is 29.6 Å². The molecule has 2 aliphatic rings. The first kappa shape index (κ1) is 20.4. The maximum Gasteiger partial charge on any atom is 0.251 e. The molecule has 0 aromatic heterocycles. The van der Waals surface area contributed by atoms with Crippen LogP contribution in [-0.4, -0.2) is 70.9 Å². The zero-order chi connectivity index (χ0) is 19.9. The summed E-state index contributed by atoms with van der Waals surface area (Å²) < 4.78 is 10.8. The first-order valence-electron chi connectivity index (χ1n) is 9.85. The molecule has 2 heterocycles. The fourth-order valence-electron chi connectivity index (χ4n) is 3.58. The summed E-state index contributed by atoms with van der Waals surface area (Å²) in [5, 5.41) is 9.25. The van der Waals surface area contributed by atoms with Gasteiger partial charge in [-0.15, -0.1) is 0 Å². The Kier molecular flexibility index (Phi) is 7.11. The summed E-state index contributed by atoms with van der Waals surface area (Å²) in [4.78, 5) is 26.8. The summed E-state index contributed by atoms with van der Waals surface area (Å²) in [5.41, 5.74) is 1.38. The largest absolute Gasteiger partial charge is 0.489 e. The zero-order valence-corrected chi connectivity index (χ0v) is 16.6. The molecular weight excluding hydrogens is 360 g/mol. The van der Waals surface area contributed by atoms with Crippen LogP contribution in [0.3, 0.4) is 0 Å². The van der Waals surface area contributed by atoms with Gasteiger partial charge in [0.05, 0.1) is 24.8 Å². The Balaban J connectivity index is 1.60. The predicted molar refractivity (Wildman–Crippen MR) is 107 cm³/mol. The van der Waals surface area contributed by atoms with Crippen LogP contribution in [0.2, 0.25) is 0 Å². The van der Waals surface area contributed by atoms with Crippen LogP contribution in [0.25, 0.3) is 0 Å². The minimum Gasteiger partial charge on any atom is -0.489 e. The SMILES string of the molecule is COCCNC(=O)c1ccc2c(c1)N(C)[C@@H](CC(=O)NC1CCNCC1)CO2. The van der Waals surface area contributed by atoms with E-state index >= 15 is 0 Å². The van der Waals surface area contributed by atoms with Gasteiger partial charge in [-0.1, -0.05) is 0 Å². The maximum absolute atomic E-state index is 12.5. The molecule has 1 fully saturated rings. The topological polar surface area (TPSA) is 91.9 Å². The number of ether oxygens (including phenoxy) is 2. The molecule has 1 atom stereocenters. The van der Waals surface area contributed by atoms with Crippen LogP contribution in [0.5, 0.6) is 5.75 Å². The number of methoxy groups -OCH3 is 1. The fourth-order valence-corrected chi connectivity index (χ4v) is 3.58. The molecule has 2 amide bonds. The monoisotopic (exact) mass is 390 g/mol. The molecule has 0 unspecified atom stereocenters. The van der Waals surface area contributed by atoms with Crippen molar-refractivity contribution < 1.29 is 19.1 Å². The van der Waals surface area contributed by atoms with Crippen LogP contribution < -0.4 is 25.6 Å². The summed E-state index contributed by atoms with van der Waals surface area (Å²) >= 11 is 0. The predicted octanol–water partition coefficient (Wildman–Crippen LogP) is 0.518. The summed E-state index contributed by atoms with van der Waals surface area (Å²) in [6, 6.07) is 5.55. The lowest BCUT2D eigenvalue weighted by Gasteiger charge is -2.36. The molecule has 1 aromatic carbocycles. The minimum absolute atomic E-state index is 0.0456. The minimum atomic E-state index is -0.154. The third-order valence-electron chi connectivity index (χ3n) is 5.30. The molecule has 1 saturated heterocycles. The van der Waals surface area contributed by atoms with Crippen molar-refractivity contribution in [3.8, 4) is 5.75 Å². The van der Waals surface area contributed by atoms with E-state index < -0.39 is 0 Å². The number of fused-ring (bicyclic) bond motifs is 1. The van der Waals surface area contributed by atoms with Crippen molar-refractivity contribution in [2.24, 2.45) is 0 Å². The number of hydrogen-bond acceptors (Lipinski definition) is 6. The van der Waals surface area contributed by atoms with Gasteiger partial charge in [0, 0.05) is 32.3 Å². The second-order valence-electron chi connectivity index (χ2n) is 7.30. The van der Waals surface area contributed by atoms with E-state index in [1.54, 1.807) is 13.2 Å². The van der Waals surface area contributed by atoms with Crippen molar-refractivity contribution >= 4 is 17.5 Å². The van der Waals surface area contributed by atoms with Crippen LogP contribution >= 0.6 is 0 Å². The number of carbonyl (C=O) groups is 2. The molecule has 3 rings (SSSR count). The fraction of sp³-hybridized carbons (Fsp3) is 0.600. The molecule has 8 heteroatoms. The second-order valence-corrected chi connectivity index (χ2v) is 7.30. The van der Waals surface area contributed by atoms with Crippen molar-refractivity contribution in [1.82, 2.24) is 16.0 Å². The van der Waals surface area contributed by atoms with E-state index in [4.69, 9.17) is 9.47 Å². The number of piperidine rings is 1. The Hall–Kier alpha value is -2.32. The van der Waals surface area contributed by atoms with Crippen LogP contribution in [0.4, 0.5) is 5.69 Å². The number of carbonyl (C=O) groups excluding carboxylic acids is 2. The van der Waals surface area contributed by atoms with Gasteiger partial charge in [0.2, 0.25) is 5.91 Å². The smallest absolute Gasteiger partial charge is 0.251 e. The molecule has 1 aromatic rings. The number of nitrogens with zero attached hydrogens (tertiary/aromatic N) is 1. The quantitative estimate of drug-likeness (QED) is 0.588. The Morgan fingerprint density at radius 2 is 2.11 bits per heavy atom. The Labute approximate surface area is 165 Å². The van der Waals surface area contributed by atoms with Crippen molar-refractivity contribution in [3.05, 3.63) is 23.8 Å². The number of hydrogen-bond donors (Lipinski definition) is 3. The third-order valence-corrected chi connectivity index (χ3v) is 5.30. The molecule has 2 aliphatic heterocycles.